The number of nitrogens with one attached hydrogen (secondary N) is 2. The van der Waals surface area contributed by atoms with E-state index in [9.17, 15) is 9.59 Å². The van der Waals surface area contributed by atoms with E-state index in [1.807, 2.05) is 48.9 Å². The summed E-state index contributed by atoms with van der Waals surface area (Å²) in [6.45, 7) is 3.88. The molecule has 146 valence electrons. The van der Waals surface area contributed by atoms with Gasteiger partial charge in [-0.3, -0.25) is 9.59 Å². The fraction of sp³-hybridized carbons (Fsp3) is 0.286. The number of fused-ring (bicyclic) bond motifs is 1. The molecule has 0 aliphatic rings. The summed E-state index contributed by atoms with van der Waals surface area (Å²) in [6, 6.07) is 15.0. The fourth-order valence-electron chi connectivity index (χ4n) is 2.81. The molecule has 0 bridgehead atoms. The SMILES string of the molecule is CSCc1nc2ccccc2n1CC(=O)Nc1ccc(NC(=O)C(C)C)cc1. The number of carbonyl (C=O) groups excluding carboxylic acids is 2. The summed E-state index contributed by atoms with van der Waals surface area (Å²) in [5, 5.41) is 5.74. The van der Waals surface area contributed by atoms with Crippen molar-refractivity contribution in [2.24, 2.45) is 5.92 Å². The number of para-hydroxylation sites is 2. The lowest BCUT2D eigenvalue weighted by Crippen LogP contribution is -2.20. The summed E-state index contributed by atoms with van der Waals surface area (Å²) >= 11 is 1.67. The molecule has 0 spiro atoms. The lowest BCUT2D eigenvalue weighted by Gasteiger charge is -2.11. The molecule has 2 amide bonds. The molecule has 0 saturated carbocycles. The van der Waals surface area contributed by atoms with Gasteiger partial charge in [-0.2, -0.15) is 11.8 Å². The molecular formula is C21H24N4O2S. The first-order valence-electron chi connectivity index (χ1n) is 9.12. The van der Waals surface area contributed by atoms with Gasteiger partial charge in [-0.25, -0.2) is 4.98 Å². The number of anilines is 2. The van der Waals surface area contributed by atoms with E-state index >= 15 is 0 Å². The Bertz CT molecular complexity index is 980. The second kappa shape index (κ2) is 8.93. The molecule has 7 heteroatoms. The number of nitrogens with zero attached hydrogens (tertiary/aromatic N) is 2. The Morgan fingerprint density at radius 1 is 1.04 bits per heavy atom. The first-order chi connectivity index (χ1) is 13.5. The molecule has 0 saturated heterocycles. The first kappa shape index (κ1) is 19.9. The van der Waals surface area contributed by atoms with Crippen LogP contribution < -0.4 is 10.6 Å². The van der Waals surface area contributed by atoms with E-state index in [4.69, 9.17) is 0 Å². The number of hydrogen-bond acceptors (Lipinski definition) is 4. The van der Waals surface area contributed by atoms with E-state index in [1.165, 1.54) is 0 Å². The summed E-state index contributed by atoms with van der Waals surface area (Å²) in [7, 11) is 0. The highest BCUT2D eigenvalue weighted by atomic mass is 32.2. The summed E-state index contributed by atoms with van der Waals surface area (Å²) in [5.41, 5.74) is 3.24. The number of hydrogen-bond donors (Lipinski definition) is 2. The third kappa shape index (κ3) is 4.72. The van der Waals surface area contributed by atoms with Crippen molar-refractivity contribution in [3.05, 3.63) is 54.4 Å². The number of benzene rings is 2. The van der Waals surface area contributed by atoms with Crippen molar-refractivity contribution in [2.45, 2.75) is 26.1 Å². The third-order valence-corrected chi connectivity index (χ3v) is 4.82. The standard InChI is InChI=1S/C21H24N4O2S/c1-14(2)21(27)23-16-10-8-15(9-11-16)22-20(26)12-25-18-7-5-4-6-17(18)24-19(25)13-28-3/h4-11,14H,12-13H2,1-3H3,(H,22,26)(H,23,27). The second-order valence-corrected chi connectivity index (χ2v) is 7.67. The van der Waals surface area contributed by atoms with E-state index in [0.29, 0.717) is 11.4 Å². The molecular weight excluding hydrogens is 372 g/mol. The largest absolute Gasteiger partial charge is 0.326 e. The van der Waals surface area contributed by atoms with Crippen LogP contribution in [-0.2, 0) is 21.9 Å². The normalized spacial score (nSPS) is 11.0. The molecule has 28 heavy (non-hydrogen) atoms. The molecule has 1 aromatic heterocycles. The summed E-state index contributed by atoms with van der Waals surface area (Å²) in [6.07, 6.45) is 2.02. The lowest BCUT2D eigenvalue weighted by atomic mass is 10.2. The van der Waals surface area contributed by atoms with E-state index in [2.05, 4.69) is 15.6 Å². The highest BCUT2D eigenvalue weighted by Crippen LogP contribution is 2.20. The van der Waals surface area contributed by atoms with Crippen LogP contribution in [0.3, 0.4) is 0 Å². The van der Waals surface area contributed by atoms with Crippen LogP contribution in [-0.4, -0.2) is 27.6 Å². The molecule has 2 N–H and O–H groups in total. The lowest BCUT2D eigenvalue weighted by molar-refractivity contribution is -0.119. The Kier molecular flexibility index (Phi) is 6.36. The number of imidazole rings is 1. The number of carbonyl (C=O) groups is 2. The van der Waals surface area contributed by atoms with Crippen molar-refractivity contribution in [1.29, 1.82) is 0 Å². The average molecular weight is 397 g/mol. The quantitative estimate of drug-likeness (QED) is 0.629. The maximum absolute atomic E-state index is 12.6. The minimum absolute atomic E-state index is 0.0369. The highest BCUT2D eigenvalue weighted by Gasteiger charge is 2.13. The maximum Gasteiger partial charge on any atom is 0.244 e. The predicted octanol–water partition coefficient (Wildman–Crippen LogP) is 4.13. The van der Waals surface area contributed by atoms with Gasteiger partial charge in [-0.15, -0.1) is 0 Å². The van der Waals surface area contributed by atoms with Crippen molar-refractivity contribution in [3.63, 3.8) is 0 Å². The Balaban J connectivity index is 1.70. The van der Waals surface area contributed by atoms with Gasteiger partial charge in [0.05, 0.1) is 16.8 Å². The number of thioether (sulfide) groups is 1. The molecule has 3 aromatic rings. The van der Waals surface area contributed by atoms with Gasteiger partial charge < -0.3 is 15.2 Å². The van der Waals surface area contributed by atoms with E-state index in [0.717, 1.165) is 22.6 Å². The van der Waals surface area contributed by atoms with Gasteiger partial charge in [0.2, 0.25) is 11.8 Å². The molecule has 0 aliphatic carbocycles. The summed E-state index contributed by atoms with van der Waals surface area (Å²) < 4.78 is 1.96. The van der Waals surface area contributed by atoms with Crippen molar-refractivity contribution in [2.75, 3.05) is 16.9 Å². The van der Waals surface area contributed by atoms with Crippen LogP contribution in [0.15, 0.2) is 48.5 Å². The molecule has 2 aromatic carbocycles. The smallest absolute Gasteiger partial charge is 0.244 e. The van der Waals surface area contributed by atoms with Crippen molar-refractivity contribution >= 4 is 46.0 Å². The van der Waals surface area contributed by atoms with E-state index in [1.54, 1.807) is 36.0 Å². The molecule has 0 atom stereocenters. The van der Waals surface area contributed by atoms with Gasteiger partial charge in [-0.05, 0) is 42.7 Å². The van der Waals surface area contributed by atoms with Crippen molar-refractivity contribution in [3.8, 4) is 0 Å². The van der Waals surface area contributed by atoms with Crippen LogP contribution in [0.2, 0.25) is 0 Å². The second-order valence-electron chi connectivity index (χ2n) is 6.81. The molecule has 0 radical (unpaired) electrons. The maximum atomic E-state index is 12.6. The van der Waals surface area contributed by atoms with Crippen LogP contribution in [0.4, 0.5) is 11.4 Å². The topological polar surface area (TPSA) is 76.0 Å². The van der Waals surface area contributed by atoms with Gasteiger partial charge in [-0.1, -0.05) is 26.0 Å². The predicted molar refractivity (Wildman–Crippen MR) is 115 cm³/mol. The molecule has 6 nitrogen and oxygen atoms in total. The van der Waals surface area contributed by atoms with Gasteiger partial charge in [0.15, 0.2) is 0 Å². The monoisotopic (exact) mass is 396 g/mol. The van der Waals surface area contributed by atoms with Crippen molar-refractivity contribution in [1.82, 2.24) is 9.55 Å². The van der Waals surface area contributed by atoms with Crippen LogP contribution in [0.1, 0.15) is 19.7 Å². The zero-order valence-electron chi connectivity index (χ0n) is 16.2. The van der Waals surface area contributed by atoms with E-state index in [-0.39, 0.29) is 24.3 Å². The first-order valence-corrected chi connectivity index (χ1v) is 10.5. The van der Waals surface area contributed by atoms with Crippen LogP contribution in [0.5, 0.6) is 0 Å². The molecule has 0 unspecified atom stereocenters. The number of rotatable bonds is 7. The Hall–Kier alpha value is -2.80. The Morgan fingerprint density at radius 2 is 1.68 bits per heavy atom. The van der Waals surface area contributed by atoms with Crippen LogP contribution in [0.25, 0.3) is 11.0 Å². The molecule has 0 fully saturated rings. The van der Waals surface area contributed by atoms with E-state index < -0.39 is 0 Å². The number of amides is 2. The summed E-state index contributed by atoms with van der Waals surface area (Å²) in [4.78, 5) is 29.0. The fourth-order valence-corrected chi connectivity index (χ4v) is 3.29. The summed E-state index contributed by atoms with van der Waals surface area (Å²) in [5.74, 6) is 1.39. The Labute approximate surface area is 168 Å². The zero-order chi connectivity index (χ0) is 20.1. The third-order valence-electron chi connectivity index (χ3n) is 4.27. The molecule has 1 heterocycles. The highest BCUT2D eigenvalue weighted by molar-refractivity contribution is 7.97. The Morgan fingerprint density at radius 3 is 2.32 bits per heavy atom. The van der Waals surface area contributed by atoms with Gasteiger partial charge in [0.25, 0.3) is 0 Å². The minimum Gasteiger partial charge on any atom is -0.326 e. The van der Waals surface area contributed by atoms with Gasteiger partial charge in [0, 0.05) is 17.3 Å². The van der Waals surface area contributed by atoms with Gasteiger partial charge >= 0.3 is 0 Å². The zero-order valence-corrected chi connectivity index (χ0v) is 17.0. The number of aromatic nitrogens is 2. The molecule has 3 rings (SSSR count). The average Bonchev–Trinajstić information content (AvgIpc) is 3.01. The van der Waals surface area contributed by atoms with Crippen LogP contribution in [0, 0.1) is 5.92 Å². The molecule has 0 aliphatic heterocycles. The van der Waals surface area contributed by atoms with Crippen LogP contribution >= 0.6 is 11.8 Å². The van der Waals surface area contributed by atoms with Gasteiger partial charge in [0.1, 0.15) is 12.4 Å². The minimum atomic E-state index is -0.121. The van der Waals surface area contributed by atoms with Crippen molar-refractivity contribution < 1.29 is 9.59 Å².